The molecule has 2 rings (SSSR count). The lowest BCUT2D eigenvalue weighted by molar-refractivity contribution is 0.165. The molecule has 0 amide bonds. The lowest BCUT2D eigenvalue weighted by Crippen LogP contribution is -2.45. The molecule has 0 radical (unpaired) electrons. The highest BCUT2D eigenvalue weighted by molar-refractivity contribution is 5.85. The summed E-state index contributed by atoms with van der Waals surface area (Å²) < 4.78 is 0. The molecule has 1 saturated heterocycles. The minimum Gasteiger partial charge on any atom is -0.314 e. The Morgan fingerprint density at radius 2 is 1.38 bits per heavy atom. The maximum Gasteiger partial charge on any atom is 0.0357 e. The van der Waals surface area contributed by atoms with Crippen LogP contribution in [0.4, 0.5) is 0 Å². The average molecular weight is 373 g/mol. The van der Waals surface area contributed by atoms with E-state index in [1.807, 2.05) is 0 Å². The standard InChI is InChI=1S/C20H32N2.2ClH/c1-7-8-9-19(22-12-10-21-11-13-22)20-17(5)15(3)14(2)16(4)18(20)6;;/h7,19,21H,1,8-13H2,2-6H3;2*1H/t19-;;/m1../s1. The van der Waals surface area contributed by atoms with Crippen LogP contribution in [0.5, 0.6) is 0 Å². The third-order valence-corrected chi connectivity index (χ3v) is 5.63. The van der Waals surface area contributed by atoms with Crippen LogP contribution in [0, 0.1) is 34.6 Å². The van der Waals surface area contributed by atoms with Gasteiger partial charge >= 0.3 is 0 Å². The monoisotopic (exact) mass is 372 g/mol. The Morgan fingerprint density at radius 3 is 1.83 bits per heavy atom. The summed E-state index contributed by atoms with van der Waals surface area (Å²) in [6.07, 6.45) is 4.32. The second-order valence-corrected chi connectivity index (χ2v) is 6.71. The lowest BCUT2D eigenvalue weighted by Gasteiger charge is -2.37. The van der Waals surface area contributed by atoms with Crippen molar-refractivity contribution in [3.63, 3.8) is 0 Å². The van der Waals surface area contributed by atoms with Crippen molar-refractivity contribution in [1.82, 2.24) is 10.2 Å². The van der Waals surface area contributed by atoms with Crippen molar-refractivity contribution in [2.45, 2.75) is 53.5 Å². The molecular weight excluding hydrogens is 339 g/mol. The highest BCUT2D eigenvalue weighted by Gasteiger charge is 2.26. The number of nitrogens with zero attached hydrogens (tertiary/aromatic N) is 1. The summed E-state index contributed by atoms with van der Waals surface area (Å²) in [4.78, 5) is 2.67. The molecular formula is C20H34Cl2N2. The number of rotatable bonds is 5. The summed E-state index contributed by atoms with van der Waals surface area (Å²) in [6, 6.07) is 0.526. The van der Waals surface area contributed by atoms with Crippen molar-refractivity contribution in [2.75, 3.05) is 26.2 Å². The van der Waals surface area contributed by atoms with Crippen molar-refractivity contribution in [2.24, 2.45) is 0 Å². The number of hydrogen-bond acceptors (Lipinski definition) is 2. The molecule has 1 fully saturated rings. The van der Waals surface area contributed by atoms with Gasteiger partial charge in [-0.1, -0.05) is 6.08 Å². The Kier molecular flexibility index (Phi) is 10.2. The summed E-state index contributed by atoms with van der Waals surface area (Å²) in [7, 11) is 0. The maximum absolute atomic E-state index is 3.93. The van der Waals surface area contributed by atoms with Crippen LogP contribution < -0.4 is 5.32 Å². The van der Waals surface area contributed by atoms with Gasteiger partial charge in [-0.25, -0.2) is 0 Å². The van der Waals surface area contributed by atoms with Gasteiger partial charge in [0.1, 0.15) is 0 Å². The van der Waals surface area contributed by atoms with Gasteiger partial charge in [0.25, 0.3) is 0 Å². The molecule has 0 aromatic heterocycles. The summed E-state index contributed by atoms with van der Waals surface area (Å²) in [6.45, 7) is 19.9. The first-order valence-corrected chi connectivity index (χ1v) is 8.61. The van der Waals surface area contributed by atoms with Gasteiger partial charge in [0.05, 0.1) is 0 Å². The number of benzene rings is 1. The van der Waals surface area contributed by atoms with Crippen LogP contribution in [0.15, 0.2) is 12.7 Å². The van der Waals surface area contributed by atoms with E-state index in [9.17, 15) is 0 Å². The molecule has 1 N–H and O–H groups in total. The predicted molar refractivity (Wildman–Crippen MR) is 111 cm³/mol. The van der Waals surface area contributed by atoms with Gasteiger partial charge < -0.3 is 5.32 Å². The first kappa shape index (κ1) is 23.5. The molecule has 0 saturated carbocycles. The molecule has 4 heteroatoms. The molecule has 1 aromatic carbocycles. The average Bonchev–Trinajstić information content (AvgIpc) is 2.55. The molecule has 0 unspecified atom stereocenters. The predicted octanol–water partition coefficient (Wildman–Crippen LogP) is 4.98. The highest BCUT2D eigenvalue weighted by Crippen LogP contribution is 2.36. The topological polar surface area (TPSA) is 15.3 Å². The SMILES string of the molecule is C=CCC[C@H](c1c(C)c(C)c(C)c(C)c1C)N1CCNCC1.Cl.Cl. The number of hydrogen-bond donors (Lipinski definition) is 1. The van der Waals surface area contributed by atoms with E-state index < -0.39 is 0 Å². The number of piperazine rings is 1. The van der Waals surface area contributed by atoms with Crippen LogP contribution in [0.3, 0.4) is 0 Å². The molecule has 0 bridgehead atoms. The van der Waals surface area contributed by atoms with Crippen molar-refractivity contribution < 1.29 is 0 Å². The smallest absolute Gasteiger partial charge is 0.0357 e. The molecule has 1 aromatic rings. The molecule has 1 aliphatic rings. The summed E-state index contributed by atoms with van der Waals surface area (Å²) in [5.74, 6) is 0. The van der Waals surface area contributed by atoms with Crippen LogP contribution in [-0.4, -0.2) is 31.1 Å². The second-order valence-electron chi connectivity index (χ2n) is 6.71. The number of halogens is 2. The largest absolute Gasteiger partial charge is 0.314 e. The fourth-order valence-corrected chi connectivity index (χ4v) is 3.81. The summed E-state index contributed by atoms with van der Waals surface area (Å²) in [5, 5.41) is 3.48. The minimum absolute atomic E-state index is 0. The Balaban J connectivity index is 0.00000264. The van der Waals surface area contributed by atoms with Crippen molar-refractivity contribution >= 4 is 24.8 Å². The minimum atomic E-state index is 0. The van der Waals surface area contributed by atoms with Crippen LogP contribution in [0.2, 0.25) is 0 Å². The van der Waals surface area contributed by atoms with Gasteiger partial charge in [0.2, 0.25) is 0 Å². The molecule has 1 atom stereocenters. The highest BCUT2D eigenvalue weighted by atomic mass is 35.5. The first-order chi connectivity index (χ1) is 10.5. The van der Waals surface area contributed by atoms with E-state index in [1.54, 1.807) is 5.56 Å². The van der Waals surface area contributed by atoms with Gasteiger partial charge in [-0.15, -0.1) is 31.4 Å². The summed E-state index contributed by atoms with van der Waals surface area (Å²) in [5.41, 5.74) is 8.96. The van der Waals surface area contributed by atoms with Gasteiger partial charge in [-0.05, 0) is 80.8 Å². The van der Waals surface area contributed by atoms with E-state index in [-0.39, 0.29) is 24.8 Å². The van der Waals surface area contributed by atoms with Crippen molar-refractivity contribution in [1.29, 1.82) is 0 Å². The number of nitrogens with one attached hydrogen (secondary N) is 1. The zero-order valence-corrected chi connectivity index (χ0v) is 17.5. The van der Waals surface area contributed by atoms with Gasteiger partial charge in [0, 0.05) is 32.2 Å². The van der Waals surface area contributed by atoms with E-state index in [4.69, 9.17) is 0 Å². The molecule has 0 spiro atoms. The zero-order valence-electron chi connectivity index (χ0n) is 15.9. The molecule has 24 heavy (non-hydrogen) atoms. The Labute approximate surface area is 160 Å². The third kappa shape index (κ3) is 4.76. The zero-order chi connectivity index (χ0) is 16.3. The molecule has 1 aliphatic heterocycles. The van der Waals surface area contributed by atoms with Crippen LogP contribution >= 0.6 is 24.8 Å². The fraction of sp³-hybridized carbons (Fsp3) is 0.600. The van der Waals surface area contributed by atoms with Crippen LogP contribution in [0.1, 0.15) is 52.3 Å². The van der Waals surface area contributed by atoms with E-state index in [2.05, 4.69) is 57.5 Å². The molecule has 0 aliphatic carbocycles. The van der Waals surface area contributed by atoms with Gasteiger partial charge in [-0.2, -0.15) is 0 Å². The van der Waals surface area contributed by atoms with E-state index >= 15 is 0 Å². The van der Waals surface area contributed by atoms with Gasteiger partial charge in [-0.3, -0.25) is 4.90 Å². The number of allylic oxidation sites excluding steroid dienone is 1. The maximum atomic E-state index is 3.93. The first-order valence-electron chi connectivity index (χ1n) is 8.61. The van der Waals surface area contributed by atoms with Crippen molar-refractivity contribution in [3.8, 4) is 0 Å². The Morgan fingerprint density at radius 1 is 0.917 bits per heavy atom. The normalized spacial score (nSPS) is 16.0. The van der Waals surface area contributed by atoms with Crippen molar-refractivity contribution in [3.05, 3.63) is 46.0 Å². The van der Waals surface area contributed by atoms with E-state index in [0.29, 0.717) is 6.04 Å². The third-order valence-electron chi connectivity index (χ3n) is 5.63. The molecule has 2 nitrogen and oxygen atoms in total. The Hall–Kier alpha value is -0.540. The molecule has 1 heterocycles. The van der Waals surface area contributed by atoms with Gasteiger partial charge in [0.15, 0.2) is 0 Å². The van der Waals surface area contributed by atoms with E-state index in [1.165, 1.54) is 34.2 Å². The summed E-state index contributed by atoms with van der Waals surface area (Å²) >= 11 is 0. The lowest BCUT2D eigenvalue weighted by atomic mass is 9.84. The second kappa shape index (κ2) is 10.5. The quantitative estimate of drug-likeness (QED) is 0.732. The van der Waals surface area contributed by atoms with Crippen LogP contribution in [-0.2, 0) is 0 Å². The Bertz CT molecular complexity index is 520. The fourth-order valence-electron chi connectivity index (χ4n) is 3.81. The molecule has 138 valence electrons. The van der Waals surface area contributed by atoms with Crippen LogP contribution in [0.25, 0.3) is 0 Å². The van der Waals surface area contributed by atoms with E-state index in [0.717, 1.165) is 32.6 Å².